The van der Waals surface area contributed by atoms with Crippen molar-refractivity contribution in [1.82, 2.24) is 14.8 Å². The second-order valence-corrected chi connectivity index (χ2v) is 5.59. The number of aromatic amines is 1. The summed E-state index contributed by atoms with van der Waals surface area (Å²) in [4.78, 5) is 26.4. The summed E-state index contributed by atoms with van der Waals surface area (Å²) in [7, 11) is 0. The highest BCUT2D eigenvalue weighted by Crippen LogP contribution is 2.35. The third-order valence-corrected chi connectivity index (χ3v) is 3.97. The van der Waals surface area contributed by atoms with Gasteiger partial charge in [0.2, 0.25) is 5.91 Å². The Morgan fingerprint density at radius 1 is 1.04 bits per heavy atom. The second-order valence-electron chi connectivity index (χ2n) is 5.15. The molecule has 1 aliphatic rings. The lowest BCUT2D eigenvalue weighted by molar-refractivity contribution is -0.117. The number of hydrogen-bond donors (Lipinski definition) is 1. The van der Waals surface area contributed by atoms with Crippen molar-refractivity contribution >= 4 is 28.9 Å². The van der Waals surface area contributed by atoms with Gasteiger partial charge >= 0.3 is 5.69 Å². The van der Waals surface area contributed by atoms with Gasteiger partial charge in [-0.1, -0.05) is 29.8 Å². The highest BCUT2D eigenvalue weighted by molar-refractivity contribution is 6.31. The Kier molecular flexibility index (Phi) is 3.06. The monoisotopic (exact) mass is 326 g/mol. The van der Waals surface area contributed by atoms with Crippen LogP contribution in [0.5, 0.6) is 0 Å². The van der Waals surface area contributed by atoms with Crippen LogP contribution in [0.4, 0.5) is 11.4 Å². The molecule has 1 aromatic heterocycles. The maximum absolute atomic E-state index is 12.8. The van der Waals surface area contributed by atoms with E-state index in [2.05, 4.69) is 10.2 Å². The predicted molar refractivity (Wildman–Crippen MR) is 86.5 cm³/mol. The van der Waals surface area contributed by atoms with Crippen molar-refractivity contribution in [3.8, 4) is 5.69 Å². The summed E-state index contributed by atoms with van der Waals surface area (Å²) < 4.78 is 1.41. The SMILES string of the molecule is O=C1Cc2n[nH]c(=O)n2-c2ccc(Cl)cc2N1c1ccccc1. The number of para-hydroxylation sites is 1. The molecule has 0 saturated carbocycles. The molecule has 0 fully saturated rings. The Morgan fingerprint density at radius 3 is 2.61 bits per heavy atom. The summed E-state index contributed by atoms with van der Waals surface area (Å²) in [5.41, 5.74) is 1.45. The number of benzene rings is 2. The van der Waals surface area contributed by atoms with Crippen LogP contribution >= 0.6 is 11.6 Å². The molecule has 114 valence electrons. The van der Waals surface area contributed by atoms with Crippen LogP contribution in [0.1, 0.15) is 5.82 Å². The van der Waals surface area contributed by atoms with Crippen LogP contribution in [0.15, 0.2) is 53.3 Å². The quantitative estimate of drug-likeness (QED) is 0.746. The van der Waals surface area contributed by atoms with Crippen LogP contribution in [0.2, 0.25) is 5.02 Å². The molecule has 0 saturated heterocycles. The molecular formula is C16H11ClN4O2. The molecular weight excluding hydrogens is 316 g/mol. The number of carbonyl (C=O) groups excluding carboxylic acids is 1. The summed E-state index contributed by atoms with van der Waals surface area (Å²) in [6.45, 7) is 0. The molecule has 0 radical (unpaired) electrons. The van der Waals surface area contributed by atoms with E-state index in [-0.39, 0.29) is 18.0 Å². The number of nitrogens with zero attached hydrogens (tertiary/aromatic N) is 3. The summed E-state index contributed by atoms with van der Waals surface area (Å²) in [5.74, 6) is 0.194. The first-order chi connectivity index (χ1) is 11.1. The average Bonchev–Trinajstić information content (AvgIpc) is 2.84. The number of aromatic nitrogens is 3. The van der Waals surface area contributed by atoms with E-state index in [0.29, 0.717) is 27.9 Å². The molecule has 2 heterocycles. The van der Waals surface area contributed by atoms with E-state index in [1.807, 2.05) is 30.3 Å². The van der Waals surface area contributed by atoms with Crippen LogP contribution in [0.25, 0.3) is 5.69 Å². The molecule has 2 aromatic carbocycles. The zero-order chi connectivity index (χ0) is 16.0. The van der Waals surface area contributed by atoms with Gasteiger partial charge in [0, 0.05) is 10.7 Å². The first kappa shape index (κ1) is 13.8. The first-order valence-electron chi connectivity index (χ1n) is 6.99. The average molecular weight is 327 g/mol. The Balaban J connectivity index is 2.04. The Labute approximate surface area is 135 Å². The summed E-state index contributed by atoms with van der Waals surface area (Å²) in [5, 5.41) is 6.84. The topological polar surface area (TPSA) is 71.0 Å². The number of H-pyrrole nitrogens is 1. The molecule has 3 aromatic rings. The number of nitrogens with one attached hydrogen (secondary N) is 1. The van der Waals surface area contributed by atoms with Crippen molar-refractivity contribution < 1.29 is 4.79 Å². The Hall–Kier alpha value is -2.86. The van der Waals surface area contributed by atoms with E-state index in [1.165, 1.54) is 4.57 Å². The number of amides is 1. The smallest absolute Gasteiger partial charge is 0.278 e. The summed E-state index contributed by atoms with van der Waals surface area (Å²) in [6, 6.07) is 14.3. The van der Waals surface area contributed by atoms with Gasteiger partial charge in [0.1, 0.15) is 5.82 Å². The van der Waals surface area contributed by atoms with Gasteiger partial charge in [0.15, 0.2) is 0 Å². The van der Waals surface area contributed by atoms with E-state index in [9.17, 15) is 9.59 Å². The summed E-state index contributed by atoms with van der Waals surface area (Å²) in [6.07, 6.45) is 0.0138. The van der Waals surface area contributed by atoms with Crippen molar-refractivity contribution in [2.45, 2.75) is 6.42 Å². The van der Waals surface area contributed by atoms with Crippen molar-refractivity contribution in [2.75, 3.05) is 4.90 Å². The van der Waals surface area contributed by atoms with Crippen molar-refractivity contribution in [3.63, 3.8) is 0 Å². The molecule has 0 unspecified atom stereocenters. The molecule has 0 spiro atoms. The fourth-order valence-electron chi connectivity index (χ4n) is 2.77. The zero-order valence-electron chi connectivity index (χ0n) is 11.9. The van der Waals surface area contributed by atoms with Gasteiger partial charge in [-0.05, 0) is 30.3 Å². The standard InChI is InChI=1S/C16H11ClN4O2/c17-10-6-7-12-13(8-10)20(11-4-2-1-3-5-11)15(22)9-14-18-19-16(23)21(12)14/h1-8H,9H2,(H,19,23). The molecule has 0 bridgehead atoms. The lowest BCUT2D eigenvalue weighted by Gasteiger charge is -2.23. The van der Waals surface area contributed by atoms with Gasteiger partial charge in [-0.2, -0.15) is 5.10 Å². The predicted octanol–water partition coefficient (Wildman–Crippen LogP) is 2.43. The van der Waals surface area contributed by atoms with Gasteiger partial charge in [-0.15, -0.1) is 0 Å². The third-order valence-electron chi connectivity index (χ3n) is 3.73. The molecule has 1 aliphatic heterocycles. The first-order valence-corrected chi connectivity index (χ1v) is 7.37. The molecule has 0 aliphatic carbocycles. The second kappa shape index (κ2) is 5.10. The van der Waals surface area contributed by atoms with E-state index >= 15 is 0 Å². The molecule has 23 heavy (non-hydrogen) atoms. The molecule has 1 amide bonds. The van der Waals surface area contributed by atoms with E-state index in [1.54, 1.807) is 23.1 Å². The Bertz CT molecular complexity index is 962. The van der Waals surface area contributed by atoms with Gasteiger partial charge in [0.05, 0.1) is 17.8 Å². The maximum atomic E-state index is 12.8. The van der Waals surface area contributed by atoms with E-state index in [4.69, 9.17) is 11.6 Å². The van der Waals surface area contributed by atoms with Crippen LogP contribution in [0.3, 0.4) is 0 Å². The molecule has 1 N–H and O–H groups in total. The van der Waals surface area contributed by atoms with Gasteiger partial charge in [-0.25, -0.2) is 14.5 Å². The lowest BCUT2D eigenvalue weighted by Crippen LogP contribution is -2.26. The molecule has 4 rings (SSSR count). The maximum Gasteiger partial charge on any atom is 0.348 e. The van der Waals surface area contributed by atoms with Crippen LogP contribution in [0, 0.1) is 0 Å². The number of fused-ring (bicyclic) bond motifs is 3. The largest absolute Gasteiger partial charge is 0.348 e. The fourth-order valence-corrected chi connectivity index (χ4v) is 2.94. The van der Waals surface area contributed by atoms with Gasteiger partial charge in [-0.3, -0.25) is 9.69 Å². The van der Waals surface area contributed by atoms with Crippen molar-refractivity contribution in [1.29, 1.82) is 0 Å². The normalized spacial score (nSPS) is 13.4. The van der Waals surface area contributed by atoms with Crippen LogP contribution < -0.4 is 10.6 Å². The highest BCUT2D eigenvalue weighted by atomic mass is 35.5. The molecule has 0 atom stereocenters. The number of rotatable bonds is 1. The minimum Gasteiger partial charge on any atom is -0.278 e. The van der Waals surface area contributed by atoms with Gasteiger partial charge < -0.3 is 0 Å². The number of carbonyl (C=O) groups is 1. The lowest BCUT2D eigenvalue weighted by atomic mass is 10.2. The van der Waals surface area contributed by atoms with Crippen molar-refractivity contribution in [2.24, 2.45) is 0 Å². The van der Waals surface area contributed by atoms with E-state index < -0.39 is 0 Å². The number of hydrogen-bond acceptors (Lipinski definition) is 3. The van der Waals surface area contributed by atoms with Crippen LogP contribution in [-0.4, -0.2) is 20.7 Å². The molecule has 6 nitrogen and oxygen atoms in total. The zero-order valence-corrected chi connectivity index (χ0v) is 12.6. The number of anilines is 2. The van der Waals surface area contributed by atoms with Gasteiger partial charge in [0.25, 0.3) is 0 Å². The third kappa shape index (κ3) is 2.15. The minimum atomic E-state index is -0.383. The van der Waals surface area contributed by atoms with Crippen LogP contribution in [-0.2, 0) is 11.2 Å². The number of halogens is 1. The fraction of sp³-hybridized carbons (Fsp3) is 0.0625. The minimum absolute atomic E-state index is 0.0138. The summed E-state index contributed by atoms with van der Waals surface area (Å²) >= 11 is 6.12. The Morgan fingerprint density at radius 2 is 1.83 bits per heavy atom. The van der Waals surface area contributed by atoms with Crippen molar-refractivity contribution in [3.05, 3.63) is 69.9 Å². The molecule has 7 heteroatoms. The van der Waals surface area contributed by atoms with E-state index in [0.717, 1.165) is 0 Å². The highest BCUT2D eigenvalue weighted by Gasteiger charge is 2.29.